The molecule has 0 saturated carbocycles. The molecule has 1 aliphatic rings. The third-order valence-electron chi connectivity index (χ3n) is 3.34. The SMILES string of the molecule is Nc1nc2ccccc2n1CC1CCCCS1. The number of nitrogens with zero attached hydrogens (tertiary/aromatic N) is 2. The molecule has 0 spiro atoms. The van der Waals surface area contributed by atoms with Crippen LogP contribution in [0, 0.1) is 0 Å². The van der Waals surface area contributed by atoms with Crippen LogP contribution in [0.3, 0.4) is 0 Å². The van der Waals surface area contributed by atoms with Crippen molar-refractivity contribution >= 4 is 28.7 Å². The van der Waals surface area contributed by atoms with Crippen molar-refractivity contribution < 1.29 is 0 Å². The number of hydrogen-bond acceptors (Lipinski definition) is 3. The number of thioether (sulfide) groups is 1. The molecule has 0 radical (unpaired) electrons. The van der Waals surface area contributed by atoms with E-state index in [9.17, 15) is 0 Å². The maximum absolute atomic E-state index is 6.01. The smallest absolute Gasteiger partial charge is 0.201 e. The number of aromatic nitrogens is 2. The molecule has 2 N–H and O–H groups in total. The van der Waals surface area contributed by atoms with E-state index in [1.165, 1.54) is 25.0 Å². The van der Waals surface area contributed by atoms with Crippen LogP contribution in [0.2, 0.25) is 0 Å². The van der Waals surface area contributed by atoms with Crippen LogP contribution in [0.25, 0.3) is 11.0 Å². The molecular formula is C13H17N3S. The molecule has 3 rings (SSSR count). The first-order valence-corrected chi connectivity index (χ1v) is 7.22. The molecule has 0 aliphatic carbocycles. The summed E-state index contributed by atoms with van der Waals surface area (Å²) in [7, 11) is 0. The van der Waals surface area contributed by atoms with Crippen molar-refractivity contribution in [2.24, 2.45) is 0 Å². The Hall–Kier alpha value is -1.16. The minimum atomic E-state index is 0.650. The summed E-state index contributed by atoms with van der Waals surface area (Å²) in [5.74, 6) is 1.94. The molecule has 1 unspecified atom stereocenters. The second-order valence-electron chi connectivity index (χ2n) is 4.56. The molecule has 1 aromatic heterocycles. The Morgan fingerprint density at radius 1 is 1.35 bits per heavy atom. The topological polar surface area (TPSA) is 43.8 Å². The van der Waals surface area contributed by atoms with Crippen molar-refractivity contribution in [3.05, 3.63) is 24.3 Å². The number of benzene rings is 1. The molecule has 1 atom stereocenters. The monoisotopic (exact) mass is 247 g/mol. The third-order valence-corrected chi connectivity index (χ3v) is 4.72. The number of nitrogen functional groups attached to an aromatic ring is 1. The van der Waals surface area contributed by atoms with Crippen LogP contribution in [-0.4, -0.2) is 20.6 Å². The highest BCUT2D eigenvalue weighted by atomic mass is 32.2. The van der Waals surface area contributed by atoms with Crippen LogP contribution in [0.4, 0.5) is 5.95 Å². The Morgan fingerprint density at radius 3 is 3.06 bits per heavy atom. The van der Waals surface area contributed by atoms with Gasteiger partial charge < -0.3 is 10.3 Å². The van der Waals surface area contributed by atoms with Crippen molar-refractivity contribution in [3.63, 3.8) is 0 Å². The summed E-state index contributed by atoms with van der Waals surface area (Å²) in [6.07, 6.45) is 4.02. The third kappa shape index (κ3) is 2.14. The second-order valence-corrected chi connectivity index (χ2v) is 5.97. The van der Waals surface area contributed by atoms with Crippen molar-refractivity contribution in [1.29, 1.82) is 0 Å². The van der Waals surface area contributed by atoms with Crippen molar-refractivity contribution in [1.82, 2.24) is 9.55 Å². The van der Waals surface area contributed by atoms with Gasteiger partial charge in [0.2, 0.25) is 5.95 Å². The Balaban J connectivity index is 1.90. The molecule has 3 nitrogen and oxygen atoms in total. The minimum absolute atomic E-state index is 0.650. The summed E-state index contributed by atoms with van der Waals surface area (Å²) >= 11 is 2.07. The number of rotatable bonds is 2. The van der Waals surface area contributed by atoms with Crippen molar-refractivity contribution in [3.8, 4) is 0 Å². The highest BCUT2D eigenvalue weighted by Gasteiger charge is 2.17. The Morgan fingerprint density at radius 2 is 2.24 bits per heavy atom. The average molecular weight is 247 g/mol. The highest BCUT2D eigenvalue weighted by Crippen LogP contribution is 2.28. The summed E-state index contributed by atoms with van der Waals surface area (Å²) in [5.41, 5.74) is 8.18. The zero-order valence-electron chi connectivity index (χ0n) is 9.80. The van der Waals surface area contributed by atoms with E-state index in [0.29, 0.717) is 11.2 Å². The van der Waals surface area contributed by atoms with E-state index in [-0.39, 0.29) is 0 Å². The lowest BCUT2D eigenvalue weighted by molar-refractivity contribution is 0.595. The van der Waals surface area contributed by atoms with E-state index < -0.39 is 0 Å². The number of hydrogen-bond donors (Lipinski definition) is 1. The van der Waals surface area contributed by atoms with Crippen LogP contribution in [0.5, 0.6) is 0 Å². The Kier molecular flexibility index (Phi) is 2.97. The molecule has 2 aromatic rings. The standard InChI is InChI=1S/C13H17N3S/c14-13-15-11-6-1-2-7-12(11)16(13)9-10-5-3-4-8-17-10/h1-2,6-7,10H,3-5,8-9H2,(H2,14,15). The fourth-order valence-electron chi connectivity index (χ4n) is 2.44. The number of para-hydroxylation sites is 2. The van der Waals surface area contributed by atoms with Crippen molar-refractivity contribution in [2.45, 2.75) is 31.1 Å². The number of anilines is 1. The molecule has 1 aromatic carbocycles. The molecule has 2 heterocycles. The fourth-order valence-corrected chi connectivity index (χ4v) is 3.73. The van der Waals surface area contributed by atoms with E-state index in [0.717, 1.165) is 17.6 Å². The van der Waals surface area contributed by atoms with Crippen molar-refractivity contribution in [2.75, 3.05) is 11.5 Å². The molecule has 1 saturated heterocycles. The van der Waals surface area contributed by atoms with Gasteiger partial charge >= 0.3 is 0 Å². The van der Waals surface area contributed by atoms with Gasteiger partial charge in [-0.2, -0.15) is 11.8 Å². The van der Waals surface area contributed by atoms with E-state index in [1.54, 1.807) is 0 Å². The summed E-state index contributed by atoms with van der Waals surface area (Å²) < 4.78 is 2.16. The van der Waals surface area contributed by atoms with E-state index in [2.05, 4.69) is 27.4 Å². The van der Waals surface area contributed by atoms with Crippen LogP contribution >= 0.6 is 11.8 Å². The first kappa shape index (κ1) is 11.0. The predicted octanol–water partition coefficient (Wildman–Crippen LogP) is 2.90. The zero-order valence-corrected chi connectivity index (χ0v) is 10.6. The van der Waals surface area contributed by atoms with E-state index >= 15 is 0 Å². The number of imidazole rings is 1. The summed E-state index contributed by atoms with van der Waals surface area (Å²) in [5, 5.41) is 0.698. The first-order chi connectivity index (χ1) is 8.34. The van der Waals surface area contributed by atoms with Gasteiger partial charge in [0.05, 0.1) is 11.0 Å². The quantitative estimate of drug-likeness (QED) is 0.887. The van der Waals surface area contributed by atoms with Crippen LogP contribution in [0.15, 0.2) is 24.3 Å². The molecular weight excluding hydrogens is 230 g/mol. The molecule has 17 heavy (non-hydrogen) atoms. The number of nitrogens with two attached hydrogens (primary N) is 1. The van der Waals surface area contributed by atoms with Gasteiger partial charge in [-0.05, 0) is 30.7 Å². The maximum atomic E-state index is 6.01. The van der Waals surface area contributed by atoms with Crippen LogP contribution < -0.4 is 5.73 Å². The minimum Gasteiger partial charge on any atom is -0.369 e. The molecule has 0 amide bonds. The summed E-state index contributed by atoms with van der Waals surface area (Å²) in [6, 6.07) is 8.19. The summed E-state index contributed by atoms with van der Waals surface area (Å²) in [6.45, 7) is 0.997. The van der Waals surface area contributed by atoms with Gasteiger partial charge in [-0.25, -0.2) is 4.98 Å². The Bertz CT molecular complexity index is 514. The van der Waals surface area contributed by atoms with E-state index in [4.69, 9.17) is 5.73 Å². The molecule has 90 valence electrons. The van der Waals surface area contributed by atoms with Gasteiger partial charge in [0.15, 0.2) is 0 Å². The van der Waals surface area contributed by atoms with Gasteiger partial charge in [-0.3, -0.25) is 0 Å². The fraction of sp³-hybridized carbons (Fsp3) is 0.462. The predicted molar refractivity (Wildman–Crippen MR) is 74.2 cm³/mol. The Labute approximate surface area is 105 Å². The van der Waals surface area contributed by atoms with E-state index in [1.807, 2.05) is 18.2 Å². The highest BCUT2D eigenvalue weighted by molar-refractivity contribution is 7.99. The van der Waals surface area contributed by atoms with Crippen LogP contribution in [0.1, 0.15) is 19.3 Å². The zero-order chi connectivity index (χ0) is 11.7. The largest absolute Gasteiger partial charge is 0.369 e. The second kappa shape index (κ2) is 4.61. The molecule has 1 fully saturated rings. The maximum Gasteiger partial charge on any atom is 0.201 e. The normalized spacial score (nSPS) is 20.8. The lowest BCUT2D eigenvalue weighted by Crippen LogP contribution is -2.18. The van der Waals surface area contributed by atoms with Gasteiger partial charge in [0.1, 0.15) is 0 Å². The molecule has 0 bridgehead atoms. The molecule has 1 aliphatic heterocycles. The summed E-state index contributed by atoms with van der Waals surface area (Å²) in [4.78, 5) is 4.41. The molecule has 4 heteroatoms. The number of fused-ring (bicyclic) bond motifs is 1. The lowest BCUT2D eigenvalue weighted by atomic mass is 10.2. The first-order valence-electron chi connectivity index (χ1n) is 6.17. The van der Waals surface area contributed by atoms with Gasteiger partial charge in [0.25, 0.3) is 0 Å². The van der Waals surface area contributed by atoms with Gasteiger partial charge in [-0.1, -0.05) is 18.6 Å². The average Bonchev–Trinajstić information content (AvgIpc) is 2.68. The van der Waals surface area contributed by atoms with Gasteiger partial charge in [0, 0.05) is 11.8 Å². The lowest BCUT2D eigenvalue weighted by Gasteiger charge is -2.22. The van der Waals surface area contributed by atoms with Gasteiger partial charge in [-0.15, -0.1) is 0 Å². The van der Waals surface area contributed by atoms with Crippen LogP contribution in [-0.2, 0) is 6.54 Å².